The molecule has 1 N–H and O–H groups in total. The molecule has 0 radical (unpaired) electrons. The average molecular weight is 276 g/mol. The van der Waals surface area contributed by atoms with Gasteiger partial charge in [-0.3, -0.25) is 0 Å². The number of aliphatic hydroxyl groups is 1. The molecule has 0 bridgehead atoms. The molecule has 0 saturated carbocycles. The van der Waals surface area contributed by atoms with Crippen LogP contribution >= 0.6 is 11.6 Å². The van der Waals surface area contributed by atoms with Gasteiger partial charge < -0.3 is 10.0 Å². The fraction of sp³-hybridized carbons (Fsp3) is 0.250. The van der Waals surface area contributed by atoms with Gasteiger partial charge in [0, 0.05) is 13.6 Å². The average Bonchev–Trinajstić information content (AvgIpc) is 2.39. The third kappa shape index (κ3) is 3.49. The van der Waals surface area contributed by atoms with Crippen LogP contribution in [0.4, 0.5) is 5.69 Å². The predicted octanol–water partition coefficient (Wildman–Crippen LogP) is 4.03. The third-order valence-electron chi connectivity index (χ3n) is 3.13. The van der Waals surface area contributed by atoms with Crippen LogP contribution in [0, 0.1) is 0 Å². The van der Waals surface area contributed by atoms with Crippen molar-refractivity contribution >= 4 is 17.3 Å². The molecule has 0 spiro atoms. The summed E-state index contributed by atoms with van der Waals surface area (Å²) >= 11 is 6.28. The van der Waals surface area contributed by atoms with E-state index in [0.717, 1.165) is 17.8 Å². The first kappa shape index (κ1) is 13.9. The Morgan fingerprint density at radius 3 is 2.42 bits per heavy atom. The van der Waals surface area contributed by atoms with Crippen molar-refractivity contribution in [2.45, 2.75) is 19.6 Å². The Hall–Kier alpha value is -1.51. The second-order valence-corrected chi connectivity index (χ2v) is 5.14. The second kappa shape index (κ2) is 6.09. The number of nitrogens with zero attached hydrogens (tertiary/aromatic N) is 1. The van der Waals surface area contributed by atoms with Gasteiger partial charge in [-0.2, -0.15) is 0 Å². The summed E-state index contributed by atoms with van der Waals surface area (Å²) in [4.78, 5) is 2.10. The van der Waals surface area contributed by atoms with Crippen LogP contribution in [0.1, 0.15) is 24.2 Å². The van der Waals surface area contributed by atoms with E-state index in [4.69, 9.17) is 11.6 Å². The molecule has 2 rings (SSSR count). The Bertz CT molecular complexity index is 540. The summed E-state index contributed by atoms with van der Waals surface area (Å²) in [6, 6.07) is 15.9. The summed E-state index contributed by atoms with van der Waals surface area (Å²) in [7, 11) is 2.01. The molecule has 3 heteroatoms. The lowest BCUT2D eigenvalue weighted by atomic mass is 10.1. The molecule has 2 nitrogen and oxygen atoms in total. The molecular weight excluding hydrogens is 258 g/mol. The fourth-order valence-corrected chi connectivity index (χ4v) is 2.37. The number of anilines is 1. The van der Waals surface area contributed by atoms with E-state index in [1.165, 1.54) is 5.56 Å². The lowest BCUT2D eigenvalue weighted by Gasteiger charge is -2.21. The molecule has 2 aromatic rings. The topological polar surface area (TPSA) is 23.5 Å². The smallest absolute Gasteiger partial charge is 0.0762 e. The number of hydrogen-bond donors (Lipinski definition) is 1. The van der Waals surface area contributed by atoms with Gasteiger partial charge in [0.1, 0.15) is 0 Å². The van der Waals surface area contributed by atoms with Gasteiger partial charge in [0.25, 0.3) is 0 Å². The maximum absolute atomic E-state index is 9.54. The third-order valence-corrected chi connectivity index (χ3v) is 3.43. The van der Waals surface area contributed by atoms with Gasteiger partial charge in [0.2, 0.25) is 0 Å². The molecule has 100 valence electrons. The molecule has 0 aliphatic rings. The number of hydrogen-bond acceptors (Lipinski definition) is 2. The Morgan fingerprint density at radius 2 is 1.84 bits per heavy atom. The highest BCUT2D eigenvalue weighted by Gasteiger charge is 2.09. The second-order valence-electron chi connectivity index (χ2n) is 4.73. The standard InChI is InChI=1S/C16H18ClNO/c1-12(19)14-8-9-16(15(17)10-14)18(2)11-13-6-4-3-5-7-13/h3-10,12,19H,11H2,1-2H3/t12-/m1/s1. The Balaban J connectivity index is 2.17. The minimum absolute atomic E-state index is 0.494. The molecule has 2 aromatic carbocycles. The van der Waals surface area contributed by atoms with E-state index in [2.05, 4.69) is 17.0 Å². The van der Waals surface area contributed by atoms with Gasteiger partial charge in [-0.05, 0) is 30.2 Å². The lowest BCUT2D eigenvalue weighted by molar-refractivity contribution is 0.199. The minimum atomic E-state index is -0.494. The van der Waals surface area contributed by atoms with Crippen molar-refractivity contribution in [3.05, 3.63) is 64.7 Å². The molecule has 0 heterocycles. The van der Waals surface area contributed by atoms with Crippen LogP contribution in [0.15, 0.2) is 48.5 Å². The monoisotopic (exact) mass is 275 g/mol. The Kier molecular flexibility index (Phi) is 4.46. The molecule has 0 aliphatic carbocycles. The van der Waals surface area contributed by atoms with Gasteiger partial charge >= 0.3 is 0 Å². The van der Waals surface area contributed by atoms with Crippen molar-refractivity contribution in [1.82, 2.24) is 0 Å². The summed E-state index contributed by atoms with van der Waals surface area (Å²) in [6.07, 6.45) is -0.494. The Labute approximate surface area is 119 Å². The zero-order valence-electron chi connectivity index (χ0n) is 11.2. The molecule has 0 saturated heterocycles. The molecule has 0 fully saturated rings. The molecule has 0 aromatic heterocycles. The van der Waals surface area contributed by atoms with Crippen LogP contribution in [0.25, 0.3) is 0 Å². The van der Waals surface area contributed by atoms with E-state index < -0.39 is 6.10 Å². The largest absolute Gasteiger partial charge is 0.389 e. The van der Waals surface area contributed by atoms with E-state index in [1.54, 1.807) is 6.92 Å². The van der Waals surface area contributed by atoms with Gasteiger partial charge in [-0.15, -0.1) is 0 Å². The summed E-state index contributed by atoms with van der Waals surface area (Å²) < 4.78 is 0. The van der Waals surface area contributed by atoms with E-state index in [0.29, 0.717) is 5.02 Å². The summed E-state index contributed by atoms with van der Waals surface area (Å²) in [6.45, 7) is 2.54. The number of rotatable bonds is 4. The lowest BCUT2D eigenvalue weighted by Crippen LogP contribution is -2.16. The van der Waals surface area contributed by atoms with E-state index in [1.807, 2.05) is 43.4 Å². The zero-order chi connectivity index (χ0) is 13.8. The van der Waals surface area contributed by atoms with Crippen LogP contribution < -0.4 is 4.90 Å². The Morgan fingerprint density at radius 1 is 1.16 bits per heavy atom. The number of aliphatic hydroxyl groups excluding tert-OH is 1. The van der Waals surface area contributed by atoms with Gasteiger partial charge in [0.15, 0.2) is 0 Å². The van der Waals surface area contributed by atoms with Crippen molar-refractivity contribution in [3.8, 4) is 0 Å². The van der Waals surface area contributed by atoms with Gasteiger partial charge in [0.05, 0.1) is 16.8 Å². The predicted molar refractivity (Wildman–Crippen MR) is 80.6 cm³/mol. The quantitative estimate of drug-likeness (QED) is 0.911. The van der Waals surface area contributed by atoms with E-state index in [9.17, 15) is 5.11 Å². The van der Waals surface area contributed by atoms with Crippen LogP contribution in [0.5, 0.6) is 0 Å². The van der Waals surface area contributed by atoms with E-state index in [-0.39, 0.29) is 0 Å². The molecule has 0 amide bonds. The van der Waals surface area contributed by atoms with Crippen molar-refractivity contribution in [1.29, 1.82) is 0 Å². The minimum Gasteiger partial charge on any atom is -0.389 e. The molecular formula is C16H18ClNO. The van der Waals surface area contributed by atoms with Gasteiger partial charge in [-0.25, -0.2) is 0 Å². The fourth-order valence-electron chi connectivity index (χ4n) is 2.04. The highest BCUT2D eigenvalue weighted by atomic mass is 35.5. The maximum atomic E-state index is 9.54. The summed E-state index contributed by atoms with van der Waals surface area (Å²) in [5, 5.41) is 10.2. The van der Waals surface area contributed by atoms with Crippen molar-refractivity contribution in [2.75, 3.05) is 11.9 Å². The van der Waals surface area contributed by atoms with Crippen LogP contribution in [-0.4, -0.2) is 12.2 Å². The molecule has 1 atom stereocenters. The first-order valence-corrected chi connectivity index (χ1v) is 6.68. The highest BCUT2D eigenvalue weighted by molar-refractivity contribution is 6.33. The summed E-state index contributed by atoms with van der Waals surface area (Å²) in [5.74, 6) is 0. The van der Waals surface area contributed by atoms with Crippen LogP contribution in [0.3, 0.4) is 0 Å². The van der Waals surface area contributed by atoms with Crippen LogP contribution in [0.2, 0.25) is 5.02 Å². The molecule has 0 aliphatic heterocycles. The number of benzene rings is 2. The first-order valence-electron chi connectivity index (χ1n) is 6.30. The van der Waals surface area contributed by atoms with Gasteiger partial charge in [-0.1, -0.05) is 48.0 Å². The molecule has 19 heavy (non-hydrogen) atoms. The highest BCUT2D eigenvalue weighted by Crippen LogP contribution is 2.29. The zero-order valence-corrected chi connectivity index (χ0v) is 11.9. The van der Waals surface area contributed by atoms with Crippen molar-refractivity contribution < 1.29 is 5.11 Å². The number of halogens is 1. The van der Waals surface area contributed by atoms with Crippen LogP contribution in [-0.2, 0) is 6.54 Å². The summed E-state index contributed by atoms with van der Waals surface area (Å²) in [5.41, 5.74) is 3.04. The first-order chi connectivity index (χ1) is 9.08. The van der Waals surface area contributed by atoms with E-state index >= 15 is 0 Å². The maximum Gasteiger partial charge on any atom is 0.0762 e. The van der Waals surface area contributed by atoms with Crippen molar-refractivity contribution in [2.24, 2.45) is 0 Å². The normalized spacial score (nSPS) is 12.2. The SMILES string of the molecule is C[C@@H](O)c1ccc(N(C)Cc2ccccc2)c(Cl)c1. The molecule has 0 unspecified atom stereocenters. The van der Waals surface area contributed by atoms with Crippen molar-refractivity contribution in [3.63, 3.8) is 0 Å².